The molecular weight excluding hydrogens is 266 g/mol. The zero-order chi connectivity index (χ0) is 14.9. The summed E-state index contributed by atoms with van der Waals surface area (Å²) in [4.78, 5) is 10.7. The average molecular weight is 283 g/mol. The normalized spacial score (nSPS) is 17.5. The summed E-state index contributed by atoms with van der Waals surface area (Å²) < 4.78 is 1.63. The Balaban J connectivity index is 1.73. The highest BCUT2D eigenvalue weighted by molar-refractivity contribution is 5.43. The maximum Gasteiger partial charge on any atom is 0.158 e. The van der Waals surface area contributed by atoms with Crippen LogP contribution in [-0.2, 0) is 12.6 Å². The van der Waals surface area contributed by atoms with Crippen molar-refractivity contribution < 1.29 is 5.11 Å². The summed E-state index contributed by atoms with van der Waals surface area (Å²) in [6, 6.07) is 3.80. The predicted octanol–water partition coefficient (Wildman–Crippen LogP) is 0.679. The molecule has 0 radical (unpaired) electrons. The fourth-order valence-corrected chi connectivity index (χ4v) is 2.71. The highest BCUT2D eigenvalue weighted by Gasteiger charge is 2.37. The van der Waals surface area contributed by atoms with Crippen molar-refractivity contribution in [3.8, 4) is 12.3 Å². The zero-order valence-electron chi connectivity index (χ0n) is 11.9. The lowest BCUT2D eigenvalue weighted by atomic mass is 9.90. The second-order valence-electron chi connectivity index (χ2n) is 5.28. The second-order valence-corrected chi connectivity index (χ2v) is 5.28. The number of hydrogen-bond donors (Lipinski definition) is 1. The maximum atomic E-state index is 10.8. The first-order chi connectivity index (χ1) is 10.1. The van der Waals surface area contributed by atoms with Gasteiger partial charge in [-0.3, -0.25) is 4.68 Å². The van der Waals surface area contributed by atoms with Crippen LogP contribution in [0.25, 0.3) is 0 Å². The Morgan fingerprint density at radius 1 is 1.29 bits per heavy atom. The Morgan fingerprint density at radius 2 is 2.05 bits per heavy atom. The van der Waals surface area contributed by atoms with Gasteiger partial charge in [0.25, 0.3) is 0 Å². The number of terminal acetylenes is 1. The van der Waals surface area contributed by atoms with Crippen LogP contribution in [0.2, 0.25) is 0 Å². The summed E-state index contributed by atoms with van der Waals surface area (Å²) in [6.45, 7) is 1.43. The lowest BCUT2D eigenvalue weighted by Gasteiger charge is -2.37. The Bertz CT molecular complexity index is 662. The zero-order valence-corrected chi connectivity index (χ0v) is 11.9. The molecule has 1 N–H and O–H groups in total. The first kappa shape index (κ1) is 13.6. The van der Waals surface area contributed by atoms with Gasteiger partial charge < -0.3 is 10.0 Å². The third-order valence-corrected chi connectivity index (χ3v) is 3.96. The van der Waals surface area contributed by atoms with E-state index in [4.69, 9.17) is 6.42 Å². The van der Waals surface area contributed by atoms with Crippen LogP contribution < -0.4 is 4.90 Å². The number of hydrogen-bond acceptors (Lipinski definition) is 5. The van der Waals surface area contributed by atoms with Crippen LogP contribution in [-0.4, -0.2) is 37.9 Å². The average Bonchev–Trinajstić information content (AvgIpc) is 2.95. The first-order valence-corrected chi connectivity index (χ1v) is 6.87. The molecule has 1 aliphatic heterocycles. The lowest BCUT2D eigenvalue weighted by Crippen LogP contribution is -2.44. The summed E-state index contributed by atoms with van der Waals surface area (Å²) in [7, 11) is 1.80. The van der Waals surface area contributed by atoms with E-state index in [1.54, 1.807) is 17.9 Å². The second kappa shape index (κ2) is 5.19. The van der Waals surface area contributed by atoms with Gasteiger partial charge in [0.1, 0.15) is 17.7 Å². The molecule has 0 aromatic carbocycles. The summed E-state index contributed by atoms with van der Waals surface area (Å²) in [5, 5.41) is 14.8. The van der Waals surface area contributed by atoms with E-state index in [1.807, 2.05) is 12.1 Å². The minimum atomic E-state index is -0.916. The third kappa shape index (κ3) is 2.48. The molecule has 3 heterocycles. The van der Waals surface area contributed by atoms with Crippen molar-refractivity contribution in [3.63, 3.8) is 0 Å². The fraction of sp³-hybridized carbons (Fsp3) is 0.400. The Kier molecular flexibility index (Phi) is 3.35. The van der Waals surface area contributed by atoms with Crippen molar-refractivity contribution >= 4 is 5.82 Å². The molecule has 21 heavy (non-hydrogen) atoms. The van der Waals surface area contributed by atoms with Crippen molar-refractivity contribution in [2.75, 3.05) is 18.0 Å². The molecule has 3 rings (SSSR count). The van der Waals surface area contributed by atoms with Crippen LogP contribution in [0.1, 0.15) is 24.2 Å². The topological polar surface area (TPSA) is 67.1 Å². The van der Waals surface area contributed by atoms with E-state index in [-0.39, 0.29) is 0 Å². The number of piperidine rings is 1. The molecule has 2 aromatic heterocycles. The summed E-state index contributed by atoms with van der Waals surface area (Å²) >= 11 is 0. The van der Waals surface area contributed by atoms with Crippen LogP contribution in [0.5, 0.6) is 0 Å². The van der Waals surface area contributed by atoms with Gasteiger partial charge in [-0.15, -0.1) is 6.42 Å². The number of anilines is 1. The number of aliphatic hydroxyl groups is 1. The third-order valence-electron chi connectivity index (χ3n) is 3.96. The van der Waals surface area contributed by atoms with Crippen LogP contribution in [0.15, 0.2) is 24.7 Å². The van der Waals surface area contributed by atoms with Crippen LogP contribution in [0, 0.1) is 12.3 Å². The molecule has 108 valence electrons. The molecule has 1 saturated heterocycles. The van der Waals surface area contributed by atoms with Gasteiger partial charge in [-0.05, 0) is 12.1 Å². The number of rotatable bonds is 2. The quantitative estimate of drug-likeness (QED) is 0.821. The Hall–Kier alpha value is -2.39. The van der Waals surface area contributed by atoms with E-state index in [0.29, 0.717) is 31.8 Å². The van der Waals surface area contributed by atoms with Crippen molar-refractivity contribution in [1.29, 1.82) is 0 Å². The molecule has 6 heteroatoms. The fourth-order valence-electron chi connectivity index (χ4n) is 2.71. The largest absolute Gasteiger partial charge is 0.382 e. The number of aryl methyl sites for hydroxylation is 1. The predicted molar refractivity (Wildman–Crippen MR) is 78.5 cm³/mol. The van der Waals surface area contributed by atoms with Gasteiger partial charge in [-0.25, -0.2) is 9.97 Å². The SMILES string of the molecule is C#Cc1ccc(N2CCC(O)(c3ncnn3C)CC2)nc1. The Morgan fingerprint density at radius 3 is 2.57 bits per heavy atom. The Labute approximate surface area is 123 Å². The van der Waals surface area contributed by atoms with Crippen molar-refractivity contribution in [3.05, 3.63) is 36.0 Å². The minimum absolute atomic E-state index is 0.595. The number of nitrogens with zero attached hydrogens (tertiary/aromatic N) is 5. The minimum Gasteiger partial charge on any atom is -0.382 e. The van der Waals surface area contributed by atoms with E-state index in [0.717, 1.165) is 11.4 Å². The van der Waals surface area contributed by atoms with E-state index in [9.17, 15) is 5.11 Å². The summed E-state index contributed by atoms with van der Waals surface area (Å²) in [5.74, 6) is 4.06. The summed E-state index contributed by atoms with van der Waals surface area (Å²) in [5.41, 5.74) is -0.146. The highest BCUT2D eigenvalue weighted by atomic mass is 16.3. The molecule has 0 unspecified atom stereocenters. The molecule has 0 aliphatic carbocycles. The van der Waals surface area contributed by atoms with Gasteiger partial charge in [0.15, 0.2) is 5.82 Å². The maximum absolute atomic E-state index is 10.8. The molecule has 0 spiro atoms. The molecule has 2 aromatic rings. The van der Waals surface area contributed by atoms with Gasteiger partial charge in [0.2, 0.25) is 0 Å². The van der Waals surface area contributed by atoms with Crippen molar-refractivity contribution in [1.82, 2.24) is 19.7 Å². The highest BCUT2D eigenvalue weighted by Crippen LogP contribution is 2.32. The van der Waals surface area contributed by atoms with Crippen molar-refractivity contribution in [2.45, 2.75) is 18.4 Å². The van der Waals surface area contributed by atoms with Gasteiger partial charge in [-0.1, -0.05) is 5.92 Å². The monoisotopic (exact) mass is 283 g/mol. The van der Waals surface area contributed by atoms with Crippen molar-refractivity contribution in [2.24, 2.45) is 7.05 Å². The van der Waals surface area contributed by atoms with Gasteiger partial charge in [0, 0.05) is 44.7 Å². The molecule has 0 saturated carbocycles. The van der Waals surface area contributed by atoms with Gasteiger partial charge >= 0.3 is 0 Å². The molecule has 0 bridgehead atoms. The molecular formula is C15H17N5O. The number of aromatic nitrogens is 4. The molecule has 1 fully saturated rings. The lowest BCUT2D eigenvalue weighted by molar-refractivity contribution is -0.000176. The van der Waals surface area contributed by atoms with E-state index in [1.165, 1.54) is 6.33 Å². The van der Waals surface area contributed by atoms with E-state index in [2.05, 4.69) is 25.9 Å². The van der Waals surface area contributed by atoms with Gasteiger partial charge in [-0.2, -0.15) is 5.10 Å². The smallest absolute Gasteiger partial charge is 0.158 e. The number of pyridine rings is 1. The standard InChI is InChI=1S/C15H17N5O/c1-3-12-4-5-13(16-10-12)20-8-6-15(21,7-9-20)14-17-11-18-19(14)2/h1,4-5,10-11,21H,6-9H2,2H3. The van der Waals surface area contributed by atoms with E-state index < -0.39 is 5.60 Å². The van der Waals surface area contributed by atoms with Crippen LogP contribution in [0.3, 0.4) is 0 Å². The van der Waals surface area contributed by atoms with Gasteiger partial charge in [0.05, 0.1) is 0 Å². The molecule has 6 nitrogen and oxygen atoms in total. The van der Waals surface area contributed by atoms with Crippen LogP contribution in [0.4, 0.5) is 5.82 Å². The first-order valence-electron chi connectivity index (χ1n) is 6.87. The summed E-state index contributed by atoms with van der Waals surface area (Å²) in [6.07, 6.45) is 9.69. The van der Waals surface area contributed by atoms with E-state index >= 15 is 0 Å². The molecule has 1 aliphatic rings. The molecule has 0 atom stereocenters. The van der Waals surface area contributed by atoms with Crippen LogP contribution >= 0.6 is 0 Å². The molecule has 0 amide bonds.